The molecule has 1 aromatic carbocycles. The van der Waals surface area contributed by atoms with Gasteiger partial charge in [0, 0.05) is 35.4 Å². The smallest absolute Gasteiger partial charge is 0.0471 e. The first-order chi connectivity index (χ1) is 9.99. The molecule has 0 radical (unpaired) electrons. The van der Waals surface area contributed by atoms with Crippen molar-refractivity contribution < 1.29 is 0 Å². The fraction of sp³-hybridized carbons (Fsp3) is 0.667. The molecule has 1 aliphatic carbocycles. The van der Waals surface area contributed by atoms with E-state index in [0.717, 1.165) is 30.7 Å². The second-order valence-electron chi connectivity index (χ2n) is 7.04. The molecule has 2 nitrogen and oxygen atoms in total. The summed E-state index contributed by atoms with van der Waals surface area (Å²) in [5.74, 6) is 1.33. The standard InChI is InChI=1S/C18H29ClN2/c1-13(2)10-20-11-16-17(19)6-5-7-18(16)21(12-14(3)4)15-8-9-15/h5-7,13-15,20H,8-12H2,1-4H3. The molecule has 1 N–H and O–H groups in total. The lowest BCUT2D eigenvalue weighted by Gasteiger charge is -2.29. The van der Waals surface area contributed by atoms with Gasteiger partial charge in [0.05, 0.1) is 0 Å². The first kappa shape index (κ1) is 16.6. The van der Waals surface area contributed by atoms with Crippen molar-refractivity contribution in [2.75, 3.05) is 18.0 Å². The van der Waals surface area contributed by atoms with E-state index in [0.29, 0.717) is 11.8 Å². The van der Waals surface area contributed by atoms with Gasteiger partial charge in [-0.3, -0.25) is 0 Å². The average molecular weight is 309 g/mol. The highest BCUT2D eigenvalue weighted by molar-refractivity contribution is 6.31. The Balaban J connectivity index is 2.18. The van der Waals surface area contributed by atoms with Crippen molar-refractivity contribution in [3.05, 3.63) is 28.8 Å². The van der Waals surface area contributed by atoms with Gasteiger partial charge in [-0.15, -0.1) is 0 Å². The second-order valence-corrected chi connectivity index (χ2v) is 7.45. The molecule has 3 heteroatoms. The van der Waals surface area contributed by atoms with Gasteiger partial charge in [0.2, 0.25) is 0 Å². The maximum absolute atomic E-state index is 6.48. The van der Waals surface area contributed by atoms with E-state index in [9.17, 15) is 0 Å². The molecule has 1 aliphatic rings. The number of halogens is 1. The lowest BCUT2D eigenvalue weighted by atomic mass is 10.1. The highest BCUT2D eigenvalue weighted by Crippen LogP contribution is 2.36. The summed E-state index contributed by atoms with van der Waals surface area (Å²) in [6.45, 7) is 12.0. The number of hydrogen-bond donors (Lipinski definition) is 1. The van der Waals surface area contributed by atoms with Crippen LogP contribution < -0.4 is 10.2 Å². The maximum atomic E-state index is 6.48. The zero-order valence-electron chi connectivity index (χ0n) is 13.8. The van der Waals surface area contributed by atoms with Crippen LogP contribution in [-0.4, -0.2) is 19.1 Å². The van der Waals surface area contributed by atoms with Crippen LogP contribution in [0, 0.1) is 11.8 Å². The van der Waals surface area contributed by atoms with Crippen molar-refractivity contribution in [3.8, 4) is 0 Å². The summed E-state index contributed by atoms with van der Waals surface area (Å²) in [5.41, 5.74) is 2.59. The van der Waals surface area contributed by atoms with Gasteiger partial charge in [0.1, 0.15) is 0 Å². The van der Waals surface area contributed by atoms with Crippen molar-refractivity contribution in [1.82, 2.24) is 5.32 Å². The molecule has 118 valence electrons. The van der Waals surface area contributed by atoms with Gasteiger partial charge in [-0.1, -0.05) is 45.4 Å². The van der Waals surface area contributed by atoms with Crippen LogP contribution in [0.4, 0.5) is 5.69 Å². The Kier molecular flexibility index (Phi) is 5.95. The van der Waals surface area contributed by atoms with E-state index in [1.807, 2.05) is 6.07 Å². The topological polar surface area (TPSA) is 15.3 Å². The number of benzene rings is 1. The van der Waals surface area contributed by atoms with Gasteiger partial charge < -0.3 is 10.2 Å². The monoisotopic (exact) mass is 308 g/mol. The number of anilines is 1. The average Bonchev–Trinajstić information content (AvgIpc) is 3.21. The van der Waals surface area contributed by atoms with E-state index in [1.165, 1.54) is 24.1 Å². The summed E-state index contributed by atoms with van der Waals surface area (Å²) < 4.78 is 0. The van der Waals surface area contributed by atoms with Gasteiger partial charge in [0.15, 0.2) is 0 Å². The van der Waals surface area contributed by atoms with Gasteiger partial charge in [0.25, 0.3) is 0 Å². The number of rotatable bonds is 8. The molecular weight excluding hydrogens is 280 g/mol. The van der Waals surface area contributed by atoms with Crippen LogP contribution in [0.3, 0.4) is 0 Å². The van der Waals surface area contributed by atoms with Crippen molar-refractivity contribution in [3.63, 3.8) is 0 Å². The Labute approximate surface area is 134 Å². The zero-order valence-corrected chi connectivity index (χ0v) is 14.6. The highest BCUT2D eigenvalue weighted by atomic mass is 35.5. The van der Waals surface area contributed by atoms with Crippen molar-refractivity contribution in [2.45, 2.75) is 53.1 Å². The van der Waals surface area contributed by atoms with E-state index < -0.39 is 0 Å². The van der Waals surface area contributed by atoms with Crippen LogP contribution in [0.2, 0.25) is 5.02 Å². The molecule has 0 unspecified atom stereocenters. The van der Waals surface area contributed by atoms with E-state index in [4.69, 9.17) is 11.6 Å². The molecule has 1 fully saturated rings. The Morgan fingerprint density at radius 2 is 1.90 bits per heavy atom. The van der Waals surface area contributed by atoms with E-state index in [2.05, 4.69) is 50.0 Å². The fourth-order valence-corrected chi connectivity index (χ4v) is 2.94. The first-order valence-electron chi connectivity index (χ1n) is 8.23. The third-order valence-corrected chi connectivity index (χ3v) is 4.16. The molecule has 0 heterocycles. The minimum atomic E-state index is 0.658. The van der Waals surface area contributed by atoms with Crippen molar-refractivity contribution >= 4 is 17.3 Å². The van der Waals surface area contributed by atoms with E-state index in [1.54, 1.807) is 0 Å². The largest absolute Gasteiger partial charge is 0.368 e. The predicted octanol–water partition coefficient (Wildman–Crippen LogP) is 4.71. The molecule has 21 heavy (non-hydrogen) atoms. The predicted molar refractivity (Wildman–Crippen MR) is 93.2 cm³/mol. The summed E-state index contributed by atoms with van der Waals surface area (Å²) in [6, 6.07) is 7.05. The molecule has 0 bridgehead atoms. The van der Waals surface area contributed by atoms with Crippen LogP contribution in [0.15, 0.2) is 18.2 Å². The minimum absolute atomic E-state index is 0.658. The third kappa shape index (κ3) is 4.89. The molecule has 1 saturated carbocycles. The quantitative estimate of drug-likeness (QED) is 0.748. The molecule has 0 atom stereocenters. The summed E-state index contributed by atoms with van der Waals surface area (Å²) in [7, 11) is 0. The normalized spacial score (nSPS) is 15.0. The molecule has 0 aromatic heterocycles. The molecule has 0 aliphatic heterocycles. The van der Waals surface area contributed by atoms with Gasteiger partial charge in [-0.05, 0) is 43.4 Å². The number of hydrogen-bond acceptors (Lipinski definition) is 2. The van der Waals surface area contributed by atoms with Gasteiger partial charge >= 0.3 is 0 Å². The van der Waals surface area contributed by atoms with Crippen LogP contribution in [0.25, 0.3) is 0 Å². The molecule has 0 spiro atoms. The van der Waals surface area contributed by atoms with Crippen LogP contribution in [0.1, 0.15) is 46.1 Å². The molecule has 1 aromatic rings. The summed E-state index contributed by atoms with van der Waals surface area (Å²) >= 11 is 6.48. The van der Waals surface area contributed by atoms with Gasteiger partial charge in [-0.2, -0.15) is 0 Å². The zero-order chi connectivity index (χ0) is 15.4. The summed E-state index contributed by atoms with van der Waals surface area (Å²) in [4.78, 5) is 2.57. The lowest BCUT2D eigenvalue weighted by Crippen LogP contribution is -2.31. The van der Waals surface area contributed by atoms with Gasteiger partial charge in [-0.25, -0.2) is 0 Å². The van der Waals surface area contributed by atoms with Crippen LogP contribution in [0.5, 0.6) is 0 Å². The highest BCUT2D eigenvalue weighted by Gasteiger charge is 2.31. The Morgan fingerprint density at radius 1 is 1.19 bits per heavy atom. The molecule has 0 saturated heterocycles. The number of nitrogens with zero attached hydrogens (tertiary/aromatic N) is 1. The van der Waals surface area contributed by atoms with Crippen LogP contribution in [-0.2, 0) is 6.54 Å². The third-order valence-electron chi connectivity index (χ3n) is 3.81. The Bertz CT molecular complexity index is 453. The number of nitrogens with one attached hydrogen (secondary N) is 1. The second kappa shape index (κ2) is 7.51. The maximum Gasteiger partial charge on any atom is 0.0471 e. The first-order valence-corrected chi connectivity index (χ1v) is 8.61. The Hall–Kier alpha value is -0.730. The van der Waals surface area contributed by atoms with Crippen molar-refractivity contribution in [1.29, 1.82) is 0 Å². The minimum Gasteiger partial charge on any atom is -0.368 e. The summed E-state index contributed by atoms with van der Waals surface area (Å²) in [6.07, 6.45) is 2.64. The fourth-order valence-electron chi connectivity index (χ4n) is 2.70. The van der Waals surface area contributed by atoms with Crippen LogP contribution >= 0.6 is 11.6 Å². The van der Waals surface area contributed by atoms with E-state index in [-0.39, 0.29) is 0 Å². The van der Waals surface area contributed by atoms with E-state index >= 15 is 0 Å². The summed E-state index contributed by atoms with van der Waals surface area (Å²) in [5, 5.41) is 4.43. The van der Waals surface area contributed by atoms with Crippen molar-refractivity contribution in [2.24, 2.45) is 11.8 Å². The Morgan fingerprint density at radius 3 is 2.48 bits per heavy atom. The molecular formula is C18H29ClN2. The SMILES string of the molecule is CC(C)CNCc1c(Cl)cccc1N(CC(C)C)C1CC1. The molecule has 2 rings (SSSR count). The molecule has 0 amide bonds. The lowest BCUT2D eigenvalue weighted by molar-refractivity contribution is 0.550.